The highest BCUT2D eigenvalue weighted by atomic mass is 79.9. The zero-order valence-corrected chi connectivity index (χ0v) is 12.9. The first-order valence-electron chi connectivity index (χ1n) is 5.70. The van der Waals surface area contributed by atoms with Crippen LogP contribution in [0.5, 0.6) is 0 Å². The molecular weight excluding hydrogens is 346 g/mol. The summed E-state index contributed by atoms with van der Waals surface area (Å²) in [6.45, 7) is 1.83. The van der Waals surface area contributed by atoms with Crippen LogP contribution >= 0.6 is 28.1 Å². The molecule has 0 fully saturated rings. The van der Waals surface area contributed by atoms with E-state index >= 15 is 0 Å². The lowest BCUT2D eigenvalue weighted by molar-refractivity contribution is 0.621. The van der Waals surface area contributed by atoms with E-state index in [1.54, 1.807) is 12.1 Å². The number of nitrogens with one attached hydrogen (secondary N) is 1. The minimum absolute atomic E-state index is 0.0000771. The van der Waals surface area contributed by atoms with Crippen molar-refractivity contribution in [2.75, 3.05) is 5.32 Å². The van der Waals surface area contributed by atoms with Gasteiger partial charge in [0, 0.05) is 16.9 Å². The molecule has 0 saturated heterocycles. The third-order valence-corrected chi connectivity index (χ3v) is 3.61. The second-order valence-corrected chi connectivity index (χ2v) is 5.56. The third-order valence-electron chi connectivity index (χ3n) is 2.78. The molecule has 0 aliphatic carbocycles. The summed E-state index contributed by atoms with van der Waals surface area (Å²) in [5.74, 6) is -0.906. The van der Waals surface area contributed by atoms with Crippen LogP contribution in [-0.4, -0.2) is 4.99 Å². The normalized spacial score (nSPS) is 10.4. The molecule has 0 unspecified atom stereocenters. The van der Waals surface area contributed by atoms with Crippen molar-refractivity contribution in [3.05, 3.63) is 57.6 Å². The molecule has 0 amide bonds. The number of halogens is 3. The average molecular weight is 357 g/mol. The maximum absolute atomic E-state index is 13.8. The molecule has 20 heavy (non-hydrogen) atoms. The van der Waals surface area contributed by atoms with Gasteiger partial charge in [-0.1, -0.05) is 12.2 Å². The molecule has 2 aromatic rings. The first-order chi connectivity index (χ1) is 9.38. The van der Waals surface area contributed by atoms with Crippen molar-refractivity contribution < 1.29 is 8.78 Å². The molecule has 2 rings (SSSR count). The summed E-state index contributed by atoms with van der Waals surface area (Å²) in [6.07, 6.45) is 0. The van der Waals surface area contributed by atoms with Crippen molar-refractivity contribution in [1.82, 2.24) is 0 Å². The number of nitrogens with two attached hydrogens (primary N) is 1. The van der Waals surface area contributed by atoms with Gasteiger partial charge in [-0.3, -0.25) is 0 Å². The minimum atomic E-state index is -0.516. The summed E-state index contributed by atoms with van der Waals surface area (Å²) in [7, 11) is 0. The van der Waals surface area contributed by atoms with Gasteiger partial charge in [0.15, 0.2) is 0 Å². The Kier molecular flexibility index (Phi) is 4.35. The van der Waals surface area contributed by atoms with E-state index in [1.165, 1.54) is 18.2 Å². The summed E-state index contributed by atoms with van der Waals surface area (Å²) in [5.41, 5.74) is 7.47. The monoisotopic (exact) mass is 356 g/mol. The molecule has 3 N–H and O–H groups in total. The zero-order chi connectivity index (χ0) is 14.9. The summed E-state index contributed by atoms with van der Waals surface area (Å²) in [4.78, 5) is -0.0000771. The van der Waals surface area contributed by atoms with Gasteiger partial charge >= 0.3 is 0 Å². The van der Waals surface area contributed by atoms with Crippen molar-refractivity contribution in [2.45, 2.75) is 6.92 Å². The first-order valence-corrected chi connectivity index (χ1v) is 6.90. The van der Waals surface area contributed by atoms with E-state index in [0.717, 1.165) is 5.56 Å². The van der Waals surface area contributed by atoms with E-state index in [9.17, 15) is 8.78 Å². The largest absolute Gasteiger partial charge is 0.389 e. The highest BCUT2D eigenvalue weighted by molar-refractivity contribution is 9.10. The predicted octanol–water partition coefficient (Wildman–Crippen LogP) is 4.41. The fourth-order valence-corrected chi connectivity index (χ4v) is 2.35. The number of aryl methyl sites for hydroxylation is 1. The molecule has 0 bridgehead atoms. The second kappa shape index (κ2) is 5.85. The lowest BCUT2D eigenvalue weighted by Gasteiger charge is -2.11. The number of thiocarbonyl (C=S) groups is 1. The maximum atomic E-state index is 13.8. The van der Waals surface area contributed by atoms with Crippen molar-refractivity contribution >= 4 is 44.5 Å². The van der Waals surface area contributed by atoms with Gasteiger partial charge in [-0.2, -0.15) is 0 Å². The van der Waals surface area contributed by atoms with Gasteiger partial charge in [0.2, 0.25) is 0 Å². The number of hydrogen-bond acceptors (Lipinski definition) is 2. The predicted molar refractivity (Wildman–Crippen MR) is 84.4 cm³/mol. The highest BCUT2D eigenvalue weighted by Crippen LogP contribution is 2.27. The molecule has 0 radical (unpaired) electrons. The standard InChI is InChI=1S/C14H11BrF2N2S/c1-7-4-10(15)12(17)6-13(7)19-8-2-3-9(14(18)20)11(16)5-8/h2-6,19H,1H3,(H2,18,20). The van der Waals surface area contributed by atoms with Gasteiger partial charge in [0.25, 0.3) is 0 Å². The summed E-state index contributed by atoms with van der Waals surface area (Å²) in [6, 6.07) is 7.39. The second-order valence-electron chi connectivity index (χ2n) is 4.27. The molecule has 0 atom stereocenters. The van der Waals surface area contributed by atoms with E-state index in [0.29, 0.717) is 15.8 Å². The van der Waals surface area contributed by atoms with Gasteiger partial charge in [0.1, 0.15) is 16.6 Å². The fourth-order valence-electron chi connectivity index (χ4n) is 1.73. The Morgan fingerprint density at radius 2 is 1.90 bits per heavy atom. The van der Waals surface area contributed by atoms with Crippen LogP contribution in [0.1, 0.15) is 11.1 Å². The van der Waals surface area contributed by atoms with E-state index in [1.807, 2.05) is 6.92 Å². The SMILES string of the molecule is Cc1cc(Br)c(F)cc1Nc1ccc(C(N)=S)c(F)c1. The van der Waals surface area contributed by atoms with E-state index in [4.69, 9.17) is 18.0 Å². The topological polar surface area (TPSA) is 38.0 Å². The Morgan fingerprint density at radius 1 is 1.20 bits per heavy atom. The maximum Gasteiger partial charge on any atom is 0.139 e. The molecule has 104 valence electrons. The summed E-state index contributed by atoms with van der Waals surface area (Å²) >= 11 is 7.85. The van der Waals surface area contributed by atoms with Crippen LogP contribution in [0.15, 0.2) is 34.8 Å². The van der Waals surface area contributed by atoms with Crippen LogP contribution in [-0.2, 0) is 0 Å². The lowest BCUT2D eigenvalue weighted by Crippen LogP contribution is -2.11. The molecular formula is C14H11BrF2N2S. The number of rotatable bonds is 3. The van der Waals surface area contributed by atoms with E-state index < -0.39 is 11.6 Å². The van der Waals surface area contributed by atoms with E-state index in [2.05, 4.69) is 21.2 Å². The van der Waals surface area contributed by atoms with Crippen molar-refractivity contribution in [3.63, 3.8) is 0 Å². The lowest BCUT2D eigenvalue weighted by atomic mass is 10.1. The van der Waals surface area contributed by atoms with Gasteiger partial charge in [-0.15, -0.1) is 0 Å². The van der Waals surface area contributed by atoms with Crippen LogP contribution in [0.3, 0.4) is 0 Å². The molecule has 2 nitrogen and oxygen atoms in total. The van der Waals surface area contributed by atoms with Crippen LogP contribution in [0.4, 0.5) is 20.2 Å². The van der Waals surface area contributed by atoms with Gasteiger partial charge < -0.3 is 11.1 Å². The van der Waals surface area contributed by atoms with Crippen LogP contribution < -0.4 is 11.1 Å². The smallest absolute Gasteiger partial charge is 0.139 e. The Bertz CT molecular complexity index is 689. The average Bonchev–Trinajstić information content (AvgIpc) is 2.35. The molecule has 0 aromatic heterocycles. The number of anilines is 2. The molecule has 0 aliphatic rings. The number of hydrogen-bond donors (Lipinski definition) is 2. The molecule has 2 aromatic carbocycles. The summed E-state index contributed by atoms with van der Waals surface area (Å²) in [5, 5.41) is 2.96. The Hall–Kier alpha value is -1.53. The van der Waals surface area contributed by atoms with Gasteiger partial charge in [-0.05, 0) is 58.7 Å². The molecule has 0 spiro atoms. The van der Waals surface area contributed by atoms with Crippen molar-refractivity contribution in [2.24, 2.45) is 5.73 Å². The minimum Gasteiger partial charge on any atom is -0.389 e. The molecule has 6 heteroatoms. The van der Waals surface area contributed by atoms with E-state index in [-0.39, 0.29) is 10.6 Å². The first kappa shape index (κ1) is 14.9. The van der Waals surface area contributed by atoms with Crippen molar-refractivity contribution in [3.8, 4) is 0 Å². The fraction of sp³-hybridized carbons (Fsp3) is 0.0714. The van der Waals surface area contributed by atoms with Gasteiger partial charge in [0.05, 0.1) is 4.47 Å². The molecule has 0 saturated carbocycles. The summed E-state index contributed by atoms with van der Waals surface area (Å²) < 4.78 is 27.7. The molecule has 0 aliphatic heterocycles. The quantitative estimate of drug-likeness (QED) is 0.799. The Labute approximate surface area is 129 Å². The number of benzene rings is 2. The van der Waals surface area contributed by atoms with Crippen LogP contribution in [0.25, 0.3) is 0 Å². The zero-order valence-electron chi connectivity index (χ0n) is 10.5. The Morgan fingerprint density at radius 3 is 2.50 bits per heavy atom. The van der Waals surface area contributed by atoms with Crippen LogP contribution in [0, 0.1) is 18.6 Å². The third kappa shape index (κ3) is 3.13. The van der Waals surface area contributed by atoms with Crippen molar-refractivity contribution in [1.29, 1.82) is 0 Å². The Balaban J connectivity index is 2.33. The van der Waals surface area contributed by atoms with Crippen LogP contribution in [0.2, 0.25) is 0 Å². The highest BCUT2D eigenvalue weighted by Gasteiger charge is 2.09. The van der Waals surface area contributed by atoms with Gasteiger partial charge in [-0.25, -0.2) is 8.78 Å². The molecule has 0 heterocycles.